The molecule has 3 aliphatic carbocycles. The van der Waals surface area contributed by atoms with Crippen LogP contribution in [0.4, 0.5) is 0 Å². The van der Waals surface area contributed by atoms with Crippen LogP contribution in [-0.2, 0) is 16.2 Å². The molecule has 1 nitrogen and oxygen atoms in total. The lowest BCUT2D eigenvalue weighted by molar-refractivity contribution is 0.308. The number of ether oxygens (including phenoxy) is 1. The maximum absolute atomic E-state index is 6.49. The van der Waals surface area contributed by atoms with E-state index in [1.165, 1.54) is 254 Å². The van der Waals surface area contributed by atoms with Crippen LogP contribution in [0.2, 0.25) is 0 Å². The summed E-state index contributed by atoms with van der Waals surface area (Å²) < 4.78 is 6.49. The van der Waals surface area contributed by atoms with Gasteiger partial charge in [-0.05, 0) is 203 Å². The lowest BCUT2D eigenvalue weighted by Gasteiger charge is -2.34. The Kier molecular flexibility index (Phi) is 20.3. The van der Waals surface area contributed by atoms with Crippen molar-refractivity contribution in [3.63, 3.8) is 0 Å². The Morgan fingerprint density at radius 2 is 0.544 bits per heavy atom. The number of hydrogen-bond acceptors (Lipinski definition) is 1. The van der Waals surface area contributed by atoms with Crippen LogP contribution in [0.3, 0.4) is 0 Å². The molecule has 0 spiro atoms. The lowest BCUT2D eigenvalue weighted by Crippen LogP contribution is -2.26. The van der Waals surface area contributed by atoms with E-state index in [-0.39, 0.29) is 16.2 Å². The van der Waals surface area contributed by atoms with Crippen molar-refractivity contribution in [3.8, 4) is 72.5 Å². The van der Waals surface area contributed by atoms with Crippen molar-refractivity contribution in [2.75, 3.05) is 6.61 Å². The standard InChI is InChI=1S/C89H106O/c1-8-15-22-32-54-87(55-33-23-16-9-2)79-41-31-30-36-69(79)70-47-42-64(59-80(70)87)65-43-48-71-72-49-44-67(62-83(72)89(81(71)60-65,56-34-24-17-10-3)57-35-25-18-11-4)86-77-39-28-26-37-75(77)85(76-38-27-29-40-78(76)86)66-45-50-73-74-51-46-68(90-58-21-14-7)63-84(74)88(52-19-12-5,53-20-13-6)82(73)61-66/h26-31,36-51,59-63H,8-25,32-35,52-58H2,1-7H3. The third-order valence-corrected chi connectivity index (χ3v) is 22.3. The van der Waals surface area contributed by atoms with E-state index < -0.39 is 0 Å². The van der Waals surface area contributed by atoms with Crippen molar-refractivity contribution in [1.29, 1.82) is 0 Å². The molecular weight excluding hydrogens is 1080 g/mol. The summed E-state index contributed by atoms with van der Waals surface area (Å²) in [6.07, 6.45) is 34.6. The van der Waals surface area contributed by atoms with Gasteiger partial charge in [-0.1, -0.05) is 311 Å². The quantitative estimate of drug-likeness (QED) is 0.0294. The maximum Gasteiger partial charge on any atom is 0.119 e. The molecule has 0 N–H and O–H groups in total. The number of hydrogen-bond donors (Lipinski definition) is 0. The molecule has 0 fully saturated rings. The molecule has 0 aromatic heterocycles. The van der Waals surface area contributed by atoms with Crippen molar-refractivity contribution < 1.29 is 4.74 Å². The van der Waals surface area contributed by atoms with Crippen LogP contribution >= 0.6 is 0 Å². The van der Waals surface area contributed by atoms with Crippen LogP contribution in [-0.4, -0.2) is 6.61 Å². The van der Waals surface area contributed by atoms with Crippen LogP contribution < -0.4 is 4.74 Å². The van der Waals surface area contributed by atoms with Gasteiger partial charge in [-0.25, -0.2) is 0 Å². The van der Waals surface area contributed by atoms with Gasteiger partial charge in [0.15, 0.2) is 0 Å². The Labute approximate surface area is 543 Å². The van der Waals surface area contributed by atoms with Crippen LogP contribution in [0, 0.1) is 0 Å². The topological polar surface area (TPSA) is 9.23 Å². The smallest absolute Gasteiger partial charge is 0.119 e. The molecule has 0 unspecified atom stereocenters. The SMILES string of the molecule is CCCCCCC1(CCCCCC)c2ccccc2-c2ccc(-c3ccc4c(c3)C(CCCCCC)(CCCCCC)c3cc(-c5c6ccccc6c(-c6ccc7c(c6)C(CCCC)(CCCC)c6cc(OCCCC)ccc6-7)c6ccccc56)ccc3-4)cc21. The van der Waals surface area contributed by atoms with Gasteiger partial charge < -0.3 is 4.74 Å². The fourth-order valence-electron chi connectivity index (χ4n) is 17.6. The summed E-state index contributed by atoms with van der Waals surface area (Å²) in [7, 11) is 0. The lowest BCUT2D eigenvalue weighted by atomic mass is 9.69. The molecule has 0 saturated heterocycles. The zero-order valence-corrected chi connectivity index (χ0v) is 56.5. The third kappa shape index (κ3) is 11.9. The summed E-state index contributed by atoms with van der Waals surface area (Å²) in [5.41, 5.74) is 26.0. The second kappa shape index (κ2) is 28.9. The highest BCUT2D eigenvalue weighted by atomic mass is 16.5. The highest BCUT2D eigenvalue weighted by molar-refractivity contribution is 6.21. The Hall–Kier alpha value is -6.70. The average molecular weight is 1190 g/mol. The molecule has 0 aliphatic heterocycles. The first kappa shape index (κ1) is 63.4. The summed E-state index contributed by atoms with van der Waals surface area (Å²) in [4.78, 5) is 0. The van der Waals surface area contributed by atoms with Gasteiger partial charge in [-0.3, -0.25) is 0 Å². The number of rotatable bonds is 33. The van der Waals surface area contributed by atoms with Gasteiger partial charge in [0.1, 0.15) is 5.75 Å². The first-order valence-corrected chi connectivity index (χ1v) is 36.7. The zero-order valence-electron chi connectivity index (χ0n) is 56.5. The van der Waals surface area contributed by atoms with E-state index in [0.717, 1.165) is 38.0 Å². The predicted octanol–water partition coefficient (Wildman–Crippen LogP) is 27.2. The molecular formula is C89H106O. The van der Waals surface area contributed by atoms with Crippen molar-refractivity contribution in [1.82, 2.24) is 0 Å². The molecule has 1 heteroatoms. The van der Waals surface area contributed by atoms with Crippen molar-refractivity contribution in [2.45, 2.75) is 244 Å². The minimum atomic E-state index is -0.0918. The molecule has 9 aromatic rings. The zero-order chi connectivity index (χ0) is 62.1. The van der Waals surface area contributed by atoms with Crippen LogP contribution in [0.25, 0.3) is 88.3 Å². The molecule has 0 bridgehead atoms. The molecule has 0 heterocycles. The summed E-state index contributed by atoms with van der Waals surface area (Å²) in [5.74, 6) is 1.02. The van der Waals surface area contributed by atoms with E-state index in [1.54, 1.807) is 22.3 Å². The van der Waals surface area contributed by atoms with Gasteiger partial charge in [0.05, 0.1) is 6.61 Å². The molecule has 0 radical (unpaired) electrons. The summed E-state index contributed by atoms with van der Waals surface area (Å²) in [6.45, 7) is 17.2. The van der Waals surface area contributed by atoms with Crippen LogP contribution in [0.1, 0.15) is 262 Å². The van der Waals surface area contributed by atoms with Gasteiger partial charge in [-0.2, -0.15) is 0 Å². The Morgan fingerprint density at radius 3 is 0.933 bits per heavy atom. The van der Waals surface area contributed by atoms with Gasteiger partial charge >= 0.3 is 0 Å². The van der Waals surface area contributed by atoms with E-state index >= 15 is 0 Å². The second-order valence-electron chi connectivity index (χ2n) is 28.0. The summed E-state index contributed by atoms with van der Waals surface area (Å²) in [6, 6.07) is 66.4. The molecule has 90 heavy (non-hydrogen) atoms. The Balaban J connectivity index is 0.997. The van der Waals surface area contributed by atoms with Gasteiger partial charge in [0.25, 0.3) is 0 Å². The Bertz CT molecular complexity index is 3830. The van der Waals surface area contributed by atoms with E-state index in [0.29, 0.717) is 0 Å². The molecule has 9 aromatic carbocycles. The first-order chi connectivity index (χ1) is 44.3. The molecule has 0 amide bonds. The van der Waals surface area contributed by atoms with E-state index in [2.05, 4.69) is 212 Å². The maximum atomic E-state index is 6.49. The summed E-state index contributed by atoms with van der Waals surface area (Å²) in [5, 5.41) is 5.35. The molecule has 12 rings (SSSR count). The summed E-state index contributed by atoms with van der Waals surface area (Å²) >= 11 is 0. The number of benzene rings is 9. The van der Waals surface area contributed by atoms with Crippen molar-refractivity contribution in [2.24, 2.45) is 0 Å². The Morgan fingerprint density at radius 1 is 0.244 bits per heavy atom. The molecule has 0 atom stereocenters. The van der Waals surface area contributed by atoms with Crippen LogP contribution in [0.15, 0.2) is 164 Å². The minimum absolute atomic E-state index is 0.0535. The van der Waals surface area contributed by atoms with E-state index in [4.69, 9.17) is 4.74 Å². The highest BCUT2D eigenvalue weighted by Crippen LogP contribution is 2.60. The number of fused-ring (bicyclic) bond motifs is 11. The number of unbranched alkanes of at least 4 members (excludes halogenated alkanes) is 15. The minimum Gasteiger partial charge on any atom is -0.494 e. The van der Waals surface area contributed by atoms with Crippen LogP contribution in [0.5, 0.6) is 5.75 Å². The molecule has 0 saturated carbocycles. The largest absolute Gasteiger partial charge is 0.494 e. The van der Waals surface area contributed by atoms with Gasteiger partial charge in [0, 0.05) is 16.2 Å². The average Bonchev–Trinajstić information content (AvgIpc) is 1.43. The van der Waals surface area contributed by atoms with E-state index in [1.807, 2.05) is 0 Å². The fraction of sp³-hybridized carbons (Fsp3) is 0.438. The highest BCUT2D eigenvalue weighted by Gasteiger charge is 2.46. The molecule has 3 aliphatic rings. The monoisotopic (exact) mass is 1190 g/mol. The second-order valence-corrected chi connectivity index (χ2v) is 28.0. The normalized spacial score (nSPS) is 14.4. The van der Waals surface area contributed by atoms with Gasteiger partial charge in [-0.15, -0.1) is 0 Å². The first-order valence-electron chi connectivity index (χ1n) is 36.7. The van der Waals surface area contributed by atoms with E-state index in [9.17, 15) is 0 Å². The van der Waals surface area contributed by atoms with Crippen molar-refractivity contribution in [3.05, 3.63) is 197 Å². The third-order valence-electron chi connectivity index (χ3n) is 22.3. The fourth-order valence-corrected chi connectivity index (χ4v) is 17.6. The van der Waals surface area contributed by atoms with Crippen molar-refractivity contribution >= 4 is 21.5 Å². The molecule has 468 valence electrons. The predicted molar refractivity (Wildman–Crippen MR) is 391 cm³/mol. The van der Waals surface area contributed by atoms with Gasteiger partial charge in [0.2, 0.25) is 0 Å².